The van der Waals surface area contributed by atoms with Gasteiger partial charge in [0.15, 0.2) is 0 Å². The average molecular weight is 333 g/mol. The van der Waals surface area contributed by atoms with E-state index in [1.807, 2.05) is 36.4 Å². The fraction of sp³-hybridized carbons (Fsp3) is 0.333. The smallest absolute Gasteiger partial charge is 0.128 e. The predicted octanol–water partition coefficient (Wildman–Crippen LogP) is 2.94. The Kier molecular flexibility index (Phi) is 6.72. The zero-order chi connectivity index (χ0) is 17.4. The van der Waals surface area contributed by atoms with Crippen LogP contribution in [0.15, 0.2) is 36.4 Å². The van der Waals surface area contributed by atoms with E-state index in [2.05, 4.69) is 5.48 Å². The maximum Gasteiger partial charge on any atom is 0.128 e. The number of nitrogens with one attached hydrogen (secondary N) is 1. The first kappa shape index (κ1) is 17.9. The van der Waals surface area contributed by atoms with E-state index >= 15 is 0 Å². The molecule has 2 aromatic rings. The van der Waals surface area contributed by atoms with Crippen molar-refractivity contribution in [1.82, 2.24) is 5.48 Å². The van der Waals surface area contributed by atoms with E-state index in [0.717, 1.165) is 34.1 Å². The molecule has 0 bridgehead atoms. The SMILES string of the molecule is COc1ccc(CNOCc2ccc(OC)cc2OC)c(OC)c1. The first-order chi connectivity index (χ1) is 11.7. The lowest BCUT2D eigenvalue weighted by atomic mass is 10.2. The Balaban J connectivity index is 1.91. The fourth-order valence-electron chi connectivity index (χ4n) is 2.23. The van der Waals surface area contributed by atoms with Gasteiger partial charge in [0.25, 0.3) is 0 Å². The minimum absolute atomic E-state index is 0.367. The largest absolute Gasteiger partial charge is 0.497 e. The van der Waals surface area contributed by atoms with Crippen LogP contribution in [0.2, 0.25) is 0 Å². The van der Waals surface area contributed by atoms with Crippen LogP contribution in [0.1, 0.15) is 11.1 Å². The summed E-state index contributed by atoms with van der Waals surface area (Å²) in [5.41, 5.74) is 4.83. The summed E-state index contributed by atoms with van der Waals surface area (Å²) in [5, 5.41) is 0. The molecular formula is C18H23NO5. The summed E-state index contributed by atoms with van der Waals surface area (Å²) in [6.07, 6.45) is 0. The zero-order valence-electron chi connectivity index (χ0n) is 14.4. The lowest BCUT2D eigenvalue weighted by Crippen LogP contribution is -2.15. The molecule has 0 saturated heterocycles. The first-order valence-corrected chi connectivity index (χ1v) is 7.48. The number of hydrogen-bond acceptors (Lipinski definition) is 6. The van der Waals surface area contributed by atoms with Crippen molar-refractivity contribution in [2.75, 3.05) is 28.4 Å². The quantitative estimate of drug-likeness (QED) is 0.562. The molecule has 0 spiro atoms. The number of rotatable bonds is 9. The minimum Gasteiger partial charge on any atom is -0.497 e. The topological polar surface area (TPSA) is 58.2 Å². The molecule has 0 aromatic heterocycles. The number of hydroxylamine groups is 1. The van der Waals surface area contributed by atoms with E-state index in [-0.39, 0.29) is 0 Å². The van der Waals surface area contributed by atoms with Crippen molar-refractivity contribution >= 4 is 0 Å². The van der Waals surface area contributed by atoms with E-state index < -0.39 is 0 Å². The van der Waals surface area contributed by atoms with Crippen LogP contribution in [0.4, 0.5) is 0 Å². The molecule has 6 nitrogen and oxygen atoms in total. The molecule has 130 valence electrons. The van der Waals surface area contributed by atoms with Gasteiger partial charge < -0.3 is 18.9 Å². The van der Waals surface area contributed by atoms with Gasteiger partial charge in [-0.1, -0.05) is 6.07 Å². The molecule has 1 N–H and O–H groups in total. The Morgan fingerprint density at radius 1 is 0.708 bits per heavy atom. The van der Waals surface area contributed by atoms with Crippen LogP contribution >= 0.6 is 0 Å². The third kappa shape index (κ3) is 4.53. The third-order valence-electron chi connectivity index (χ3n) is 3.58. The van der Waals surface area contributed by atoms with Crippen molar-refractivity contribution in [1.29, 1.82) is 0 Å². The predicted molar refractivity (Wildman–Crippen MR) is 90.7 cm³/mol. The van der Waals surface area contributed by atoms with Crippen molar-refractivity contribution in [2.45, 2.75) is 13.2 Å². The molecule has 2 aromatic carbocycles. The van der Waals surface area contributed by atoms with Crippen molar-refractivity contribution in [2.24, 2.45) is 0 Å². The summed E-state index contributed by atoms with van der Waals surface area (Å²) in [4.78, 5) is 5.54. The molecule has 0 saturated carbocycles. The van der Waals surface area contributed by atoms with Crippen LogP contribution in [-0.2, 0) is 18.0 Å². The molecule has 24 heavy (non-hydrogen) atoms. The molecule has 6 heteroatoms. The maximum absolute atomic E-state index is 5.54. The highest BCUT2D eigenvalue weighted by Gasteiger charge is 2.07. The van der Waals surface area contributed by atoms with Crippen LogP contribution in [0.3, 0.4) is 0 Å². The van der Waals surface area contributed by atoms with Gasteiger partial charge in [-0.05, 0) is 18.2 Å². The molecule has 0 heterocycles. The molecule has 0 radical (unpaired) electrons. The monoisotopic (exact) mass is 333 g/mol. The zero-order valence-corrected chi connectivity index (χ0v) is 14.4. The van der Waals surface area contributed by atoms with E-state index in [4.69, 9.17) is 23.8 Å². The highest BCUT2D eigenvalue weighted by molar-refractivity contribution is 5.41. The van der Waals surface area contributed by atoms with Crippen LogP contribution in [0, 0.1) is 0 Å². The number of benzene rings is 2. The molecule has 0 unspecified atom stereocenters. The van der Waals surface area contributed by atoms with Gasteiger partial charge in [0.1, 0.15) is 23.0 Å². The highest BCUT2D eigenvalue weighted by atomic mass is 16.6. The van der Waals surface area contributed by atoms with Gasteiger partial charge in [-0.2, -0.15) is 5.48 Å². The molecule has 0 aliphatic heterocycles. The average Bonchev–Trinajstić information content (AvgIpc) is 2.65. The van der Waals surface area contributed by atoms with Crippen LogP contribution < -0.4 is 24.4 Å². The van der Waals surface area contributed by atoms with Crippen LogP contribution in [-0.4, -0.2) is 28.4 Å². The Bertz CT molecular complexity index is 602. The summed E-state index contributed by atoms with van der Waals surface area (Å²) in [7, 11) is 6.49. The second-order valence-electron chi connectivity index (χ2n) is 4.97. The van der Waals surface area contributed by atoms with Crippen molar-refractivity contribution in [3.05, 3.63) is 47.5 Å². The van der Waals surface area contributed by atoms with Gasteiger partial charge in [-0.15, -0.1) is 0 Å². The molecule has 0 aliphatic rings. The number of methoxy groups -OCH3 is 4. The lowest BCUT2D eigenvalue weighted by molar-refractivity contribution is 0.0221. The van der Waals surface area contributed by atoms with E-state index in [9.17, 15) is 0 Å². The number of hydrogen-bond donors (Lipinski definition) is 1. The van der Waals surface area contributed by atoms with Gasteiger partial charge >= 0.3 is 0 Å². The second-order valence-corrected chi connectivity index (χ2v) is 4.97. The van der Waals surface area contributed by atoms with Crippen LogP contribution in [0.25, 0.3) is 0 Å². The normalized spacial score (nSPS) is 10.3. The van der Waals surface area contributed by atoms with Crippen molar-refractivity contribution < 1.29 is 23.8 Å². The Labute approximate surface area is 142 Å². The molecule has 0 fully saturated rings. The van der Waals surface area contributed by atoms with E-state index in [1.165, 1.54) is 0 Å². The van der Waals surface area contributed by atoms with Gasteiger partial charge in [0.2, 0.25) is 0 Å². The van der Waals surface area contributed by atoms with E-state index in [1.54, 1.807) is 28.4 Å². The number of ether oxygens (including phenoxy) is 4. The second kappa shape index (κ2) is 9.00. The summed E-state index contributed by atoms with van der Waals surface area (Å²) in [5.74, 6) is 2.96. The third-order valence-corrected chi connectivity index (χ3v) is 3.58. The van der Waals surface area contributed by atoms with Crippen molar-refractivity contribution in [3.8, 4) is 23.0 Å². The minimum atomic E-state index is 0.367. The van der Waals surface area contributed by atoms with Crippen molar-refractivity contribution in [3.63, 3.8) is 0 Å². The van der Waals surface area contributed by atoms with E-state index in [0.29, 0.717) is 13.2 Å². The summed E-state index contributed by atoms with van der Waals surface area (Å²) in [6, 6.07) is 11.3. The fourth-order valence-corrected chi connectivity index (χ4v) is 2.23. The molecular weight excluding hydrogens is 310 g/mol. The molecule has 2 rings (SSSR count). The maximum atomic E-state index is 5.54. The first-order valence-electron chi connectivity index (χ1n) is 7.48. The Hall–Kier alpha value is -2.44. The summed E-state index contributed by atoms with van der Waals surface area (Å²) >= 11 is 0. The van der Waals surface area contributed by atoms with Gasteiger partial charge in [0, 0.05) is 29.8 Å². The summed E-state index contributed by atoms with van der Waals surface area (Å²) < 4.78 is 21.1. The van der Waals surface area contributed by atoms with Gasteiger partial charge in [0.05, 0.1) is 35.0 Å². The summed E-state index contributed by atoms with van der Waals surface area (Å²) in [6.45, 7) is 0.872. The standard InChI is InChI=1S/C18H23NO5/c1-20-15-7-5-13(17(9-15)22-3)11-19-24-12-14-6-8-16(21-2)10-18(14)23-4/h5-10,19H,11-12H2,1-4H3. The van der Waals surface area contributed by atoms with Gasteiger partial charge in [-0.25, -0.2) is 0 Å². The molecule has 0 aliphatic carbocycles. The highest BCUT2D eigenvalue weighted by Crippen LogP contribution is 2.26. The van der Waals surface area contributed by atoms with Gasteiger partial charge in [-0.3, -0.25) is 4.84 Å². The van der Waals surface area contributed by atoms with Crippen LogP contribution in [0.5, 0.6) is 23.0 Å². The molecule has 0 atom stereocenters. The Morgan fingerprint density at radius 3 is 1.79 bits per heavy atom. The Morgan fingerprint density at radius 2 is 1.25 bits per heavy atom. The molecule has 0 amide bonds. The lowest BCUT2D eigenvalue weighted by Gasteiger charge is -2.13.